The first-order chi connectivity index (χ1) is 7.40. The molecule has 0 aliphatic heterocycles. The number of rotatable bonds is 2. The van der Waals surface area contributed by atoms with Gasteiger partial charge in [0.15, 0.2) is 6.29 Å². The maximum absolute atomic E-state index is 10.5. The lowest BCUT2D eigenvalue weighted by molar-refractivity contribution is 0.111. The van der Waals surface area contributed by atoms with Crippen LogP contribution in [0.25, 0.3) is 0 Å². The van der Waals surface area contributed by atoms with Crippen LogP contribution >= 0.6 is 0 Å². The van der Waals surface area contributed by atoms with Crippen LogP contribution in [0.5, 0.6) is 0 Å². The predicted molar refractivity (Wildman–Crippen MR) is 55.7 cm³/mol. The van der Waals surface area contributed by atoms with E-state index < -0.39 is 0 Å². The molecule has 80 valence electrons. The number of nitrogens with zero attached hydrogens (tertiary/aromatic N) is 3. The average molecular weight is 205 g/mol. The number of carbonyl (C=O) groups excluding carboxylic acids is 1. The highest BCUT2D eigenvalue weighted by Crippen LogP contribution is 2.29. The van der Waals surface area contributed by atoms with Crippen LogP contribution < -0.4 is 0 Å². The van der Waals surface area contributed by atoms with Crippen LogP contribution in [-0.4, -0.2) is 21.5 Å². The van der Waals surface area contributed by atoms with E-state index in [1.807, 2.05) is 0 Å². The lowest BCUT2D eigenvalue weighted by Gasteiger charge is -2.11. The van der Waals surface area contributed by atoms with Gasteiger partial charge in [0.05, 0.1) is 11.9 Å². The van der Waals surface area contributed by atoms with Gasteiger partial charge in [-0.2, -0.15) is 5.10 Å². The summed E-state index contributed by atoms with van der Waals surface area (Å²) in [6.45, 7) is 0. The van der Waals surface area contributed by atoms with Crippen molar-refractivity contribution in [1.82, 2.24) is 15.2 Å². The van der Waals surface area contributed by atoms with Gasteiger partial charge >= 0.3 is 0 Å². The molecule has 1 saturated carbocycles. The van der Waals surface area contributed by atoms with Crippen LogP contribution in [0.2, 0.25) is 0 Å². The Hall–Kier alpha value is -1.32. The third-order valence-electron chi connectivity index (χ3n) is 2.97. The van der Waals surface area contributed by atoms with Gasteiger partial charge < -0.3 is 0 Å². The minimum atomic E-state index is 0.205. The summed E-state index contributed by atoms with van der Waals surface area (Å²) in [7, 11) is 0. The van der Waals surface area contributed by atoms with Crippen LogP contribution in [0.3, 0.4) is 0 Å². The van der Waals surface area contributed by atoms with Crippen molar-refractivity contribution in [3.63, 3.8) is 0 Å². The molecule has 0 atom stereocenters. The molecule has 15 heavy (non-hydrogen) atoms. The summed E-state index contributed by atoms with van der Waals surface area (Å²) >= 11 is 0. The zero-order valence-corrected chi connectivity index (χ0v) is 8.72. The Morgan fingerprint density at radius 1 is 1.20 bits per heavy atom. The first-order valence-electron chi connectivity index (χ1n) is 5.55. The number of carbonyl (C=O) groups is 1. The molecule has 1 aliphatic carbocycles. The first kappa shape index (κ1) is 10.2. The van der Waals surface area contributed by atoms with Gasteiger partial charge in [0, 0.05) is 5.92 Å². The van der Waals surface area contributed by atoms with E-state index in [0.717, 1.165) is 18.5 Å². The van der Waals surface area contributed by atoms with E-state index >= 15 is 0 Å². The molecule has 1 heterocycles. The quantitative estimate of drug-likeness (QED) is 0.548. The number of hydrogen-bond acceptors (Lipinski definition) is 4. The second-order valence-corrected chi connectivity index (χ2v) is 4.05. The Bertz CT molecular complexity index is 332. The van der Waals surface area contributed by atoms with Crippen molar-refractivity contribution in [2.45, 2.75) is 44.4 Å². The highest BCUT2D eigenvalue weighted by molar-refractivity contribution is 5.68. The van der Waals surface area contributed by atoms with Gasteiger partial charge in [-0.15, -0.1) is 5.10 Å². The van der Waals surface area contributed by atoms with Crippen LogP contribution in [0.4, 0.5) is 0 Å². The fourth-order valence-corrected chi connectivity index (χ4v) is 2.15. The van der Waals surface area contributed by atoms with E-state index in [4.69, 9.17) is 0 Å². The summed E-state index contributed by atoms with van der Waals surface area (Å²) in [6, 6.07) is 0. The Labute approximate surface area is 89.1 Å². The Morgan fingerprint density at radius 2 is 1.93 bits per heavy atom. The van der Waals surface area contributed by atoms with Crippen molar-refractivity contribution in [2.75, 3.05) is 0 Å². The molecular weight excluding hydrogens is 190 g/mol. The van der Waals surface area contributed by atoms with Crippen molar-refractivity contribution < 1.29 is 4.79 Å². The topological polar surface area (TPSA) is 55.7 Å². The van der Waals surface area contributed by atoms with Crippen molar-refractivity contribution in [3.8, 4) is 0 Å². The number of aromatic nitrogens is 3. The van der Waals surface area contributed by atoms with E-state index in [9.17, 15) is 4.79 Å². The Kier molecular flexibility index (Phi) is 3.37. The van der Waals surface area contributed by atoms with E-state index in [1.54, 1.807) is 6.20 Å². The fourth-order valence-electron chi connectivity index (χ4n) is 2.15. The molecule has 0 bridgehead atoms. The lowest BCUT2D eigenvalue weighted by Crippen LogP contribution is -2.05. The average Bonchev–Trinajstić information content (AvgIpc) is 2.58. The fraction of sp³-hybridized carbons (Fsp3) is 0.636. The zero-order chi connectivity index (χ0) is 10.5. The summed E-state index contributed by atoms with van der Waals surface area (Å²) in [4.78, 5) is 14.8. The summed E-state index contributed by atoms with van der Waals surface area (Å²) in [5.74, 6) is 0.679. The van der Waals surface area contributed by atoms with E-state index in [0.29, 0.717) is 12.2 Å². The zero-order valence-electron chi connectivity index (χ0n) is 8.72. The van der Waals surface area contributed by atoms with Crippen molar-refractivity contribution in [2.24, 2.45) is 0 Å². The minimum absolute atomic E-state index is 0.205. The smallest absolute Gasteiger partial charge is 0.214 e. The number of hydrogen-bond donors (Lipinski definition) is 0. The summed E-state index contributed by atoms with van der Waals surface area (Å²) in [6.07, 6.45) is 9.82. The molecule has 1 aromatic rings. The van der Waals surface area contributed by atoms with E-state index in [2.05, 4.69) is 15.2 Å². The molecule has 0 amide bonds. The number of aldehydes is 1. The third-order valence-corrected chi connectivity index (χ3v) is 2.97. The second-order valence-electron chi connectivity index (χ2n) is 4.05. The van der Waals surface area contributed by atoms with E-state index in [1.165, 1.54) is 25.7 Å². The van der Waals surface area contributed by atoms with Gasteiger partial charge in [-0.1, -0.05) is 25.7 Å². The van der Waals surface area contributed by atoms with Gasteiger partial charge in [0.1, 0.15) is 0 Å². The Morgan fingerprint density at radius 3 is 2.60 bits per heavy atom. The molecule has 2 rings (SSSR count). The maximum Gasteiger partial charge on any atom is 0.214 e. The monoisotopic (exact) mass is 205 g/mol. The standard InChI is InChI=1S/C11H15N3O/c15-8-11-13-10(7-12-14-11)9-5-3-1-2-4-6-9/h7-9H,1-6H2. The van der Waals surface area contributed by atoms with Crippen LogP contribution in [0, 0.1) is 0 Å². The molecule has 4 nitrogen and oxygen atoms in total. The molecule has 1 aromatic heterocycles. The maximum atomic E-state index is 10.5. The third kappa shape index (κ3) is 2.58. The van der Waals surface area contributed by atoms with Crippen molar-refractivity contribution in [1.29, 1.82) is 0 Å². The largest absolute Gasteiger partial charge is 0.294 e. The molecular formula is C11H15N3O. The molecule has 1 aliphatic rings. The highest BCUT2D eigenvalue weighted by Gasteiger charge is 2.16. The molecule has 0 unspecified atom stereocenters. The molecule has 0 saturated heterocycles. The van der Waals surface area contributed by atoms with Gasteiger partial charge in [-0.3, -0.25) is 4.79 Å². The summed E-state index contributed by atoms with van der Waals surface area (Å²) in [5.41, 5.74) is 0.939. The first-order valence-corrected chi connectivity index (χ1v) is 5.55. The second kappa shape index (κ2) is 4.96. The lowest BCUT2D eigenvalue weighted by atomic mass is 9.97. The SMILES string of the molecule is O=Cc1nncc(C2CCCCCC2)n1. The molecule has 4 heteroatoms. The predicted octanol–water partition coefficient (Wildman–Crippen LogP) is 2.12. The van der Waals surface area contributed by atoms with Gasteiger partial charge in [0.2, 0.25) is 5.82 Å². The van der Waals surface area contributed by atoms with Crippen LogP contribution in [-0.2, 0) is 0 Å². The van der Waals surface area contributed by atoms with Crippen LogP contribution in [0.15, 0.2) is 6.20 Å². The molecule has 0 spiro atoms. The molecule has 1 fully saturated rings. The normalized spacial score (nSPS) is 18.4. The molecule has 0 aromatic carbocycles. The molecule has 0 radical (unpaired) electrons. The molecule has 0 N–H and O–H groups in total. The summed E-state index contributed by atoms with van der Waals surface area (Å²) in [5, 5.41) is 7.46. The highest BCUT2D eigenvalue weighted by atomic mass is 16.1. The summed E-state index contributed by atoms with van der Waals surface area (Å²) < 4.78 is 0. The van der Waals surface area contributed by atoms with Gasteiger partial charge in [-0.25, -0.2) is 4.98 Å². The van der Waals surface area contributed by atoms with Gasteiger partial charge in [0.25, 0.3) is 0 Å². The van der Waals surface area contributed by atoms with Gasteiger partial charge in [-0.05, 0) is 12.8 Å². The minimum Gasteiger partial charge on any atom is -0.294 e. The van der Waals surface area contributed by atoms with Crippen LogP contribution in [0.1, 0.15) is 60.8 Å². The van der Waals surface area contributed by atoms with Crippen molar-refractivity contribution >= 4 is 6.29 Å². The van der Waals surface area contributed by atoms with E-state index in [-0.39, 0.29) is 5.82 Å². The van der Waals surface area contributed by atoms with Crippen molar-refractivity contribution in [3.05, 3.63) is 17.7 Å². The Balaban J connectivity index is 2.15.